The normalized spacial score (nSPS) is 16.3. The molecule has 0 saturated heterocycles. The van der Waals surface area contributed by atoms with Gasteiger partial charge in [0, 0.05) is 17.3 Å². The number of para-hydroxylation sites is 1. The van der Waals surface area contributed by atoms with Gasteiger partial charge in [0.2, 0.25) is 5.88 Å². The maximum atomic E-state index is 9.82. The molecule has 2 heterocycles. The number of benzene rings is 3. The molecule has 26 heavy (non-hydrogen) atoms. The number of aromatic nitrogens is 1. The minimum absolute atomic E-state index is 0.165. The lowest BCUT2D eigenvalue weighted by molar-refractivity contribution is 0.384. The van der Waals surface area contributed by atoms with Crippen molar-refractivity contribution in [1.82, 2.24) is 4.57 Å². The van der Waals surface area contributed by atoms with Crippen LogP contribution in [0.2, 0.25) is 0 Å². The molecule has 1 aliphatic rings. The second-order valence-electron chi connectivity index (χ2n) is 6.37. The lowest BCUT2D eigenvalue weighted by Crippen LogP contribution is -2.24. The molecular weight excluding hydrogens is 322 g/mol. The van der Waals surface area contributed by atoms with E-state index in [0.717, 1.165) is 27.2 Å². The number of nitriles is 1. The molecule has 4 aromatic rings. The summed E-state index contributed by atoms with van der Waals surface area (Å²) in [5.74, 6) is 0.862. The van der Waals surface area contributed by atoms with Gasteiger partial charge in [-0.15, -0.1) is 0 Å². The van der Waals surface area contributed by atoms with Gasteiger partial charge in [0.15, 0.2) is 0 Å². The largest absolute Gasteiger partial charge is 0.440 e. The predicted octanol–water partition coefficient (Wildman–Crippen LogP) is 4.47. The number of fused-ring (bicyclic) bond motifs is 4. The average Bonchev–Trinajstić information content (AvgIpc) is 3.10. The van der Waals surface area contributed by atoms with Crippen LogP contribution in [0, 0.1) is 11.3 Å². The number of nitrogens with zero attached hydrogens (tertiary/aromatic N) is 2. The highest BCUT2D eigenvalue weighted by Crippen LogP contribution is 2.44. The SMILES string of the molecule is N#CC1=C(N)Oc2ccc3ccccc3c2C1n1ccc2ccccc21. The number of ether oxygens (including phenoxy) is 1. The van der Waals surface area contributed by atoms with Gasteiger partial charge in [-0.05, 0) is 34.4 Å². The summed E-state index contributed by atoms with van der Waals surface area (Å²) in [4.78, 5) is 0. The fraction of sp³-hybridized carbons (Fsp3) is 0.0455. The van der Waals surface area contributed by atoms with Crippen molar-refractivity contribution in [1.29, 1.82) is 5.26 Å². The van der Waals surface area contributed by atoms with E-state index in [0.29, 0.717) is 11.3 Å². The van der Waals surface area contributed by atoms with E-state index >= 15 is 0 Å². The van der Waals surface area contributed by atoms with E-state index in [2.05, 4.69) is 41.0 Å². The van der Waals surface area contributed by atoms with Crippen LogP contribution in [0.5, 0.6) is 5.75 Å². The van der Waals surface area contributed by atoms with Crippen molar-refractivity contribution >= 4 is 21.7 Å². The first-order chi connectivity index (χ1) is 12.8. The van der Waals surface area contributed by atoms with E-state index in [1.54, 1.807) is 0 Å². The Labute approximate surface area is 150 Å². The third kappa shape index (κ3) is 1.95. The lowest BCUT2D eigenvalue weighted by Gasteiger charge is -2.29. The Hall–Kier alpha value is -3.71. The molecule has 0 fully saturated rings. The van der Waals surface area contributed by atoms with Gasteiger partial charge in [-0.25, -0.2) is 0 Å². The molecule has 4 heteroatoms. The molecule has 0 bridgehead atoms. The van der Waals surface area contributed by atoms with Crippen LogP contribution in [-0.2, 0) is 0 Å². The van der Waals surface area contributed by atoms with Crippen molar-refractivity contribution < 1.29 is 4.74 Å². The Morgan fingerprint density at radius 2 is 1.69 bits per heavy atom. The predicted molar refractivity (Wildman–Crippen MR) is 101 cm³/mol. The van der Waals surface area contributed by atoms with Gasteiger partial charge in [0.1, 0.15) is 23.4 Å². The molecule has 0 radical (unpaired) electrons. The fourth-order valence-corrected chi connectivity index (χ4v) is 3.82. The van der Waals surface area contributed by atoms with Crippen molar-refractivity contribution in [2.45, 2.75) is 6.04 Å². The van der Waals surface area contributed by atoms with Crippen LogP contribution in [-0.4, -0.2) is 4.57 Å². The number of allylic oxidation sites excluding steroid dienone is 1. The van der Waals surface area contributed by atoms with Crippen LogP contribution in [0.15, 0.2) is 84.4 Å². The van der Waals surface area contributed by atoms with E-state index in [4.69, 9.17) is 10.5 Å². The van der Waals surface area contributed by atoms with Crippen molar-refractivity contribution in [3.63, 3.8) is 0 Å². The Morgan fingerprint density at radius 1 is 0.923 bits per heavy atom. The Balaban J connectivity index is 1.89. The zero-order valence-electron chi connectivity index (χ0n) is 13.9. The number of rotatable bonds is 1. The molecule has 0 aliphatic carbocycles. The molecule has 4 nitrogen and oxygen atoms in total. The smallest absolute Gasteiger partial charge is 0.207 e. The molecule has 0 saturated carbocycles. The van der Waals surface area contributed by atoms with Crippen LogP contribution in [0.1, 0.15) is 11.6 Å². The third-order valence-electron chi connectivity index (χ3n) is 4.99. The highest BCUT2D eigenvalue weighted by molar-refractivity contribution is 5.90. The number of nitrogens with two attached hydrogens (primary N) is 1. The first kappa shape index (κ1) is 14.6. The topological polar surface area (TPSA) is 64.0 Å². The Bertz CT molecular complexity index is 1240. The van der Waals surface area contributed by atoms with E-state index < -0.39 is 0 Å². The minimum atomic E-state index is -0.324. The standard InChI is InChI=1S/C22H15N3O/c23-13-17-21(25-12-11-15-6-2-4-8-18(15)25)20-16-7-3-1-5-14(16)9-10-19(20)26-22(17)24/h1-12,21H,24H2. The number of hydrogen-bond acceptors (Lipinski definition) is 3. The summed E-state index contributed by atoms with van der Waals surface area (Å²) >= 11 is 0. The highest BCUT2D eigenvalue weighted by atomic mass is 16.5. The van der Waals surface area contributed by atoms with Gasteiger partial charge in [-0.2, -0.15) is 5.26 Å². The summed E-state index contributed by atoms with van der Waals surface area (Å²) in [5, 5.41) is 13.1. The quantitative estimate of drug-likeness (QED) is 0.557. The fourth-order valence-electron chi connectivity index (χ4n) is 3.82. The van der Waals surface area contributed by atoms with Gasteiger partial charge in [-0.1, -0.05) is 48.5 Å². The van der Waals surface area contributed by atoms with Gasteiger partial charge in [0.05, 0.1) is 0 Å². The Kier molecular flexibility index (Phi) is 3.04. The molecule has 1 aromatic heterocycles. The lowest BCUT2D eigenvalue weighted by atomic mass is 9.91. The van der Waals surface area contributed by atoms with Gasteiger partial charge >= 0.3 is 0 Å². The maximum Gasteiger partial charge on any atom is 0.207 e. The number of hydrogen-bond donors (Lipinski definition) is 1. The molecule has 1 aliphatic heterocycles. The van der Waals surface area contributed by atoms with Gasteiger partial charge in [0.25, 0.3) is 0 Å². The summed E-state index contributed by atoms with van der Waals surface area (Å²) in [6, 6.07) is 24.2. The summed E-state index contributed by atoms with van der Waals surface area (Å²) in [7, 11) is 0. The maximum absolute atomic E-state index is 9.82. The summed E-state index contributed by atoms with van der Waals surface area (Å²) < 4.78 is 7.91. The molecule has 0 amide bonds. The molecule has 1 unspecified atom stereocenters. The van der Waals surface area contributed by atoms with E-state index in [-0.39, 0.29) is 11.9 Å². The molecule has 2 N–H and O–H groups in total. The van der Waals surface area contributed by atoms with E-state index in [9.17, 15) is 5.26 Å². The van der Waals surface area contributed by atoms with Crippen LogP contribution in [0.3, 0.4) is 0 Å². The molecule has 1 atom stereocenters. The molecule has 0 spiro atoms. The van der Waals surface area contributed by atoms with Crippen molar-refractivity contribution in [3.8, 4) is 11.8 Å². The second kappa shape index (κ2) is 5.40. The molecular formula is C22H15N3O. The summed E-state index contributed by atoms with van der Waals surface area (Å²) in [6.45, 7) is 0. The van der Waals surface area contributed by atoms with Crippen LogP contribution in [0.4, 0.5) is 0 Å². The average molecular weight is 337 g/mol. The van der Waals surface area contributed by atoms with E-state index in [1.165, 1.54) is 0 Å². The van der Waals surface area contributed by atoms with Crippen LogP contribution < -0.4 is 10.5 Å². The van der Waals surface area contributed by atoms with Crippen molar-refractivity contribution in [2.75, 3.05) is 0 Å². The Morgan fingerprint density at radius 3 is 2.54 bits per heavy atom. The summed E-state index contributed by atoms with van der Waals surface area (Å²) in [5.41, 5.74) is 8.56. The van der Waals surface area contributed by atoms with Crippen molar-refractivity contribution in [3.05, 3.63) is 89.9 Å². The van der Waals surface area contributed by atoms with E-state index in [1.807, 2.05) is 42.6 Å². The molecule has 124 valence electrons. The van der Waals surface area contributed by atoms with Crippen LogP contribution in [0.25, 0.3) is 21.7 Å². The highest BCUT2D eigenvalue weighted by Gasteiger charge is 2.32. The van der Waals surface area contributed by atoms with Crippen LogP contribution >= 0.6 is 0 Å². The summed E-state index contributed by atoms with van der Waals surface area (Å²) in [6.07, 6.45) is 2.01. The second-order valence-corrected chi connectivity index (χ2v) is 6.37. The third-order valence-corrected chi connectivity index (χ3v) is 4.99. The molecule has 3 aromatic carbocycles. The minimum Gasteiger partial charge on any atom is -0.440 e. The van der Waals surface area contributed by atoms with Gasteiger partial charge in [-0.3, -0.25) is 0 Å². The zero-order chi connectivity index (χ0) is 17.7. The van der Waals surface area contributed by atoms with Gasteiger partial charge < -0.3 is 15.0 Å². The first-order valence-corrected chi connectivity index (χ1v) is 8.43. The van der Waals surface area contributed by atoms with Crippen molar-refractivity contribution in [2.24, 2.45) is 5.73 Å². The molecule has 5 rings (SSSR count). The first-order valence-electron chi connectivity index (χ1n) is 8.43. The monoisotopic (exact) mass is 337 g/mol. The zero-order valence-corrected chi connectivity index (χ0v) is 13.9.